The monoisotopic (exact) mass is 382 g/mol. The van der Waals surface area contributed by atoms with Crippen molar-refractivity contribution >= 4 is 36.5 Å². The van der Waals surface area contributed by atoms with Gasteiger partial charge in [0.1, 0.15) is 0 Å². The first-order valence-corrected chi connectivity index (χ1v) is 9.28. The number of amidine groups is 2. The van der Waals surface area contributed by atoms with Gasteiger partial charge in [-0.2, -0.15) is 0 Å². The fraction of sp³-hybridized carbons (Fsp3) is 0.889. The molecule has 0 atom stereocenters. The summed E-state index contributed by atoms with van der Waals surface area (Å²) in [5.41, 5.74) is 11.5. The molecule has 0 saturated heterocycles. The van der Waals surface area contributed by atoms with Crippen molar-refractivity contribution in [1.82, 2.24) is 0 Å². The molecule has 0 spiro atoms. The summed E-state index contributed by atoms with van der Waals surface area (Å²) in [6.07, 6.45) is 15.0. The van der Waals surface area contributed by atoms with Crippen molar-refractivity contribution in [2.75, 3.05) is 13.1 Å². The van der Waals surface area contributed by atoms with Gasteiger partial charge in [0, 0.05) is 25.9 Å². The molecule has 0 unspecified atom stereocenters. The Bertz CT molecular complexity index is 277. The second kappa shape index (κ2) is 22.5. The maximum absolute atomic E-state index is 5.77. The predicted octanol–water partition coefficient (Wildman–Crippen LogP) is 5.27. The second-order valence-electron chi connectivity index (χ2n) is 5.97. The van der Waals surface area contributed by atoms with E-state index in [9.17, 15) is 0 Å². The van der Waals surface area contributed by atoms with E-state index in [0.29, 0.717) is 0 Å². The van der Waals surface area contributed by atoms with Crippen molar-refractivity contribution in [2.45, 2.75) is 90.9 Å². The third-order valence-electron chi connectivity index (χ3n) is 3.84. The van der Waals surface area contributed by atoms with Crippen LogP contribution in [0.1, 0.15) is 90.9 Å². The van der Waals surface area contributed by atoms with Gasteiger partial charge in [-0.25, -0.2) is 0 Å². The Labute approximate surface area is 162 Å². The molecule has 0 rings (SSSR count). The van der Waals surface area contributed by atoms with E-state index in [4.69, 9.17) is 11.5 Å². The molecule has 146 valence electrons. The third kappa shape index (κ3) is 21.5. The molecule has 0 aromatic heterocycles. The molecule has 0 heterocycles. The van der Waals surface area contributed by atoms with Gasteiger partial charge in [0.05, 0.1) is 11.7 Å². The molecular weight excluding hydrogens is 343 g/mol. The average Bonchev–Trinajstić information content (AvgIpc) is 2.49. The molecule has 0 aromatic rings. The molecule has 0 fully saturated rings. The van der Waals surface area contributed by atoms with Crippen molar-refractivity contribution in [2.24, 2.45) is 21.5 Å². The highest BCUT2D eigenvalue weighted by Gasteiger charge is 1.96. The van der Waals surface area contributed by atoms with Gasteiger partial charge in [-0.1, -0.05) is 51.4 Å². The first-order chi connectivity index (χ1) is 10.7. The molecule has 0 aliphatic rings. The van der Waals surface area contributed by atoms with E-state index in [0.717, 1.165) is 37.6 Å². The van der Waals surface area contributed by atoms with Crippen LogP contribution in [0, 0.1) is 0 Å². The summed E-state index contributed by atoms with van der Waals surface area (Å²) < 4.78 is 0. The lowest BCUT2D eigenvalue weighted by molar-refractivity contribution is 0.556. The molecule has 0 bridgehead atoms. The Hall–Kier alpha value is -0.480. The highest BCUT2D eigenvalue weighted by molar-refractivity contribution is 5.85. The minimum Gasteiger partial charge on any atom is -0.387 e. The first kappa shape index (κ1) is 28.3. The maximum Gasteiger partial charge on any atom is 0.0936 e. The molecule has 0 aliphatic carbocycles. The summed E-state index contributed by atoms with van der Waals surface area (Å²) in [6.45, 7) is 5.68. The predicted molar refractivity (Wildman–Crippen MR) is 114 cm³/mol. The lowest BCUT2D eigenvalue weighted by Crippen LogP contribution is -2.11. The Kier molecular flexibility index (Phi) is 26.6. The quantitative estimate of drug-likeness (QED) is 0.230. The number of nitrogens with two attached hydrogens (primary N) is 2. The van der Waals surface area contributed by atoms with Crippen LogP contribution < -0.4 is 11.5 Å². The zero-order valence-electron chi connectivity index (χ0n) is 15.8. The molecular formula is C18H40Cl2N4. The highest BCUT2D eigenvalue weighted by atomic mass is 35.5. The second-order valence-corrected chi connectivity index (χ2v) is 5.97. The summed E-state index contributed by atoms with van der Waals surface area (Å²) >= 11 is 0. The van der Waals surface area contributed by atoms with E-state index in [-0.39, 0.29) is 24.8 Å². The summed E-state index contributed by atoms with van der Waals surface area (Å²) in [5, 5.41) is 0. The Morgan fingerprint density at radius 2 is 0.792 bits per heavy atom. The van der Waals surface area contributed by atoms with Crippen LogP contribution in [0.5, 0.6) is 0 Å². The first-order valence-electron chi connectivity index (χ1n) is 9.28. The Morgan fingerprint density at radius 3 is 1.04 bits per heavy atom. The fourth-order valence-electron chi connectivity index (χ4n) is 2.59. The standard InChI is InChI=1S/C18H38N4.2ClH/c1-3-21-17(19)15-13-11-9-7-5-6-8-10-12-14-16-18(20)22-4-2;;/h3-16H2,1-2H3,(H2,19,21)(H2,20,22);2*1H. The van der Waals surface area contributed by atoms with Gasteiger partial charge >= 0.3 is 0 Å². The fourth-order valence-corrected chi connectivity index (χ4v) is 2.59. The number of hydrogen-bond acceptors (Lipinski definition) is 2. The van der Waals surface area contributed by atoms with Gasteiger partial charge in [0.25, 0.3) is 0 Å². The van der Waals surface area contributed by atoms with E-state index in [1.54, 1.807) is 0 Å². The van der Waals surface area contributed by atoms with Crippen LogP contribution in [0.2, 0.25) is 0 Å². The molecule has 4 nitrogen and oxygen atoms in total. The van der Waals surface area contributed by atoms with Crippen molar-refractivity contribution in [3.05, 3.63) is 0 Å². The maximum atomic E-state index is 5.77. The van der Waals surface area contributed by atoms with E-state index < -0.39 is 0 Å². The molecule has 24 heavy (non-hydrogen) atoms. The summed E-state index contributed by atoms with van der Waals surface area (Å²) in [6, 6.07) is 0. The largest absolute Gasteiger partial charge is 0.387 e. The van der Waals surface area contributed by atoms with E-state index in [1.165, 1.54) is 64.2 Å². The Morgan fingerprint density at radius 1 is 0.542 bits per heavy atom. The van der Waals surface area contributed by atoms with Gasteiger partial charge in [-0.3, -0.25) is 9.98 Å². The molecule has 0 amide bonds. The number of nitrogens with zero attached hydrogens (tertiary/aromatic N) is 2. The van der Waals surface area contributed by atoms with Gasteiger partial charge in [-0.15, -0.1) is 24.8 Å². The molecule has 0 aliphatic heterocycles. The van der Waals surface area contributed by atoms with Crippen molar-refractivity contribution in [3.8, 4) is 0 Å². The topological polar surface area (TPSA) is 76.8 Å². The molecule has 6 heteroatoms. The van der Waals surface area contributed by atoms with Gasteiger partial charge in [-0.05, 0) is 26.7 Å². The highest BCUT2D eigenvalue weighted by Crippen LogP contribution is 2.12. The smallest absolute Gasteiger partial charge is 0.0936 e. The van der Waals surface area contributed by atoms with Crippen LogP contribution in [0.3, 0.4) is 0 Å². The minimum atomic E-state index is 0. The SMILES string of the molecule is CCN=C(N)CCCCCCCCCCCCC(N)=NCC.Cl.Cl. The van der Waals surface area contributed by atoms with Crippen molar-refractivity contribution < 1.29 is 0 Å². The number of unbranched alkanes of at least 4 members (excludes halogenated alkanes) is 9. The number of rotatable bonds is 15. The van der Waals surface area contributed by atoms with E-state index >= 15 is 0 Å². The lowest BCUT2D eigenvalue weighted by atomic mass is 10.0. The molecule has 4 N–H and O–H groups in total. The van der Waals surface area contributed by atoms with E-state index in [1.807, 2.05) is 13.8 Å². The van der Waals surface area contributed by atoms with Crippen LogP contribution >= 0.6 is 24.8 Å². The normalized spacial score (nSPS) is 11.8. The van der Waals surface area contributed by atoms with Crippen LogP contribution in [0.15, 0.2) is 9.98 Å². The molecule has 0 saturated carbocycles. The number of aliphatic imine (C=N–C) groups is 2. The van der Waals surface area contributed by atoms with Gasteiger partial charge < -0.3 is 11.5 Å². The molecule has 0 aromatic carbocycles. The van der Waals surface area contributed by atoms with Crippen LogP contribution in [0.4, 0.5) is 0 Å². The van der Waals surface area contributed by atoms with Crippen LogP contribution in [-0.2, 0) is 0 Å². The summed E-state index contributed by atoms with van der Waals surface area (Å²) in [7, 11) is 0. The van der Waals surface area contributed by atoms with Crippen molar-refractivity contribution in [3.63, 3.8) is 0 Å². The summed E-state index contributed by atoms with van der Waals surface area (Å²) in [4.78, 5) is 8.42. The lowest BCUT2D eigenvalue weighted by Gasteiger charge is -2.03. The van der Waals surface area contributed by atoms with Gasteiger partial charge in [0.2, 0.25) is 0 Å². The number of hydrogen-bond donors (Lipinski definition) is 2. The van der Waals surface area contributed by atoms with Crippen LogP contribution in [0.25, 0.3) is 0 Å². The van der Waals surface area contributed by atoms with Crippen molar-refractivity contribution in [1.29, 1.82) is 0 Å². The third-order valence-corrected chi connectivity index (χ3v) is 3.84. The zero-order chi connectivity index (χ0) is 16.5. The summed E-state index contributed by atoms with van der Waals surface area (Å²) in [5.74, 6) is 1.65. The average molecular weight is 383 g/mol. The molecule has 0 radical (unpaired) electrons. The van der Waals surface area contributed by atoms with Crippen LogP contribution in [-0.4, -0.2) is 24.8 Å². The number of halogens is 2. The Balaban J connectivity index is -0.00000220. The van der Waals surface area contributed by atoms with Gasteiger partial charge in [0.15, 0.2) is 0 Å². The minimum absolute atomic E-state index is 0. The zero-order valence-corrected chi connectivity index (χ0v) is 17.4. The van der Waals surface area contributed by atoms with E-state index in [2.05, 4.69) is 9.98 Å².